The van der Waals surface area contributed by atoms with E-state index in [0.717, 1.165) is 17.0 Å². The number of hydrogen-bond donors (Lipinski definition) is 0. The molecule has 0 amide bonds. The summed E-state index contributed by atoms with van der Waals surface area (Å²) in [5.74, 6) is 0.871. The maximum Gasteiger partial charge on any atom is 0.118 e. The fraction of sp³-hybridized carbons (Fsp3) is 0.133. The average molecular weight is 225 g/mol. The third-order valence-electron chi connectivity index (χ3n) is 2.50. The lowest BCUT2D eigenvalue weighted by molar-refractivity contribution is 0.415. The summed E-state index contributed by atoms with van der Waals surface area (Å²) in [5, 5.41) is 0. The van der Waals surface area contributed by atoms with Crippen LogP contribution in [0, 0.1) is 6.92 Å². The van der Waals surface area contributed by atoms with E-state index in [1.54, 1.807) is 7.11 Å². The van der Waals surface area contributed by atoms with Crippen molar-refractivity contribution in [2.24, 2.45) is 0 Å². The van der Waals surface area contributed by atoms with Gasteiger partial charge in [0.1, 0.15) is 5.75 Å². The van der Waals surface area contributed by atoms with Crippen LogP contribution in [-0.2, 0) is 0 Å². The zero-order valence-electron chi connectivity index (χ0n) is 10.1. The Labute approximate surface area is 102 Å². The molecule has 2 heteroatoms. The standard InChI is InChI=1S/C15H15NO/c1-12-3-7-14(16-11-12)8-4-13-5-9-15(17-2)10-6-13/h3-11H,1-2H3/b8-4+. The van der Waals surface area contributed by atoms with Gasteiger partial charge in [0, 0.05) is 6.20 Å². The van der Waals surface area contributed by atoms with Gasteiger partial charge in [-0.1, -0.05) is 24.3 Å². The number of nitrogens with zero attached hydrogens (tertiary/aromatic N) is 1. The first kappa shape index (κ1) is 11.4. The van der Waals surface area contributed by atoms with Gasteiger partial charge in [0.25, 0.3) is 0 Å². The summed E-state index contributed by atoms with van der Waals surface area (Å²) in [6.45, 7) is 2.03. The van der Waals surface area contributed by atoms with Crippen molar-refractivity contribution in [2.45, 2.75) is 6.92 Å². The molecule has 17 heavy (non-hydrogen) atoms. The number of hydrogen-bond acceptors (Lipinski definition) is 2. The molecule has 1 heterocycles. The molecule has 0 spiro atoms. The first-order valence-corrected chi connectivity index (χ1v) is 5.53. The van der Waals surface area contributed by atoms with E-state index >= 15 is 0 Å². The lowest BCUT2D eigenvalue weighted by Gasteiger charge is -1.99. The van der Waals surface area contributed by atoms with E-state index in [2.05, 4.69) is 11.1 Å². The van der Waals surface area contributed by atoms with Gasteiger partial charge in [-0.2, -0.15) is 0 Å². The Morgan fingerprint density at radius 1 is 1.00 bits per heavy atom. The minimum absolute atomic E-state index is 0.871. The molecule has 0 aliphatic rings. The lowest BCUT2D eigenvalue weighted by Crippen LogP contribution is -1.82. The van der Waals surface area contributed by atoms with Gasteiger partial charge in [-0.05, 0) is 42.3 Å². The number of methoxy groups -OCH3 is 1. The Morgan fingerprint density at radius 3 is 2.35 bits per heavy atom. The summed E-state index contributed by atoms with van der Waals surface area (Å²) in [6.07, 6.45) is 5.91. The van der Waals surface area contributed by atoms with E-state index in [0.29, 0.717) is 0 Å². The summed E-state index contributed by atoms with van der Waals surface area (Å²) in [5.41, 5.74) is 3.27. The topological polar surface area (TPSA) is 22.1 Å². The van der Waals surface area contributed by atoms with Crippen LogP contribution in [0.1, 0.15) is 16.8 Å². The number of pyridine rings is 1. The molecular weight excluding hydrogens is 210 g/mol. The highest BCUT2D eigenvalue weighted by Crippen LogP contribution is 2.13. The summed E-state index contributed by atoms with van der Waals surface area (Å²) in [4.78, 5) is 4.32. The molecule has 0 saturated carbocycles. The molecule has 0 saturated heterocycles. The molecule has 0 atom stereocenters. The monoisotopic (exact) mass is 225 g/mol. The SMILES string of the molecule is COc1ccc(/C=C/c2ccc(C)cn2)cc1. The molecule has 1 aromatic heterocycles. The normalized spacial score (nSPS) is 10.7. The van der Waals surface area contributed by atoms with E-state index in [-0.39, 0.29) is 0 Å². The fourth-order valence-electron chi connectivity index (χ4n) is 1.47. The molecule has 0 N–H and O–H groups in total. The summed E-state index contributed by atoms with van der Waals surface area (Å²) in [7, 11) is 1.67. The highest BCUT2D eigenvalue weighted by Gasteiger charge is 1.91. The first-order valence-electron chi connectivity index (χ1n) is 5.53. The van der Waals surface area contributed by atoms with Gasteiger partial charge < -0.3 is 4.74 Å². The van der Waals surface area contributed by atoms with Crippen LogP contribution in [0.4, 0.5) is 0 Å². The van der Waals surface area contributed by atoms with Crippen LogP contribution in [0.15, 0.2) is 42.6 Å². The van der Waals surface area contributed by atoms with Crippen molar-refractivity contribution < 1.29 is 4.74 Å². The minimum Gasteiger partial charge on any atom is -0.497 e. The molecule has 0 fully saturated rings. The maximum absolute atomic E-state index is 5.11. The zero-order chi connectivity index (χ0) is 12.1. The van der Waals surface area contributed by atoms with Crippen molar-refractivity contribution in [3.63, 3.8) is 0 Å². The molecule has 0 unspecified atom stereocenters. The van der Waals surface area contributed by atoms with Crippen molar-refractivity contribution in [2.75, 3.05) is 7.11 Å². The van der Waals surface area contributed by atoms with Crippen molar-refractivity contribution in [3.8, 4) is 5.75 Å². The Kier molecular flexibility index (Phi) is 3.55. The zero-order valence-corrected chi connectivity index (χ0v) is 10.1. The van der Waals surface area contributed by atoms with Crippen LogP contribution >= 0.6 is 0 Å². The predicted molar refractivity (Wildman–Crippen MR) is 70.9 cm³/mol. The van der Waals surface area contributed by atoms with Crippen molar-refractivity contribution >= 4 is 12.2 Å². The molecule has 2 rings (SSSR count). The fourth-order valence-corrected chi connectivity index (χ4v) is 1.47. The quantitative estimate of drug-likeness (QED) is 0.796. The molecule has 86 valence electrons. The van der Waals surface area contributed by atoms with Crippen molar-refractivity contribution in [1.29, 1.82) is 0 Å². The molecular formula is C15H15NO. The van der Waals surface area contributed by atoms with Crippen molar-refractivity contribution in [1.82, 2.24) is 4.98 Å². The predicted octanol–water partition coefficient (Wildman–Crippen LogP) is 3.57. The van der Waals surface area contributed by atoms with Crippen LogP contribution in [-0.4, -0.2) is 12.1 Å². The largest absolute Gasteiger partial charge is 0.497 e. The Balaban J connectivity index is 2.11. The lowest BCUT2D eigenvalue weighted by atomic mass is 10.2. The van der Waals surface area contributed by atoms with Crippen LogP contribution in [0.5, 0.6) is 5.75 Å². The second-order valence-corrected chi connectivity index (χ2v) is 3.87. The molecule has 0 radical (unpaired) electrons. The van der Waals surface area contributed by atoms with E-state index in [9.17, 15) is 0 Å². The van der Waals surface area contributed by atoms with Crippen LogP contribution in [0.25, 0.3) is 12.2 Å². The van der Waals surface area contributed by atoms with Gasteiger partial charge in [-0.3, -0.25) is 4.98 Å². The first-order chi connectivity index (χ1) is 8.28. The second kappa shape index (κ2) is 5.30. The van der Waals surface area contributed by atoms with Gasteiger partial charge >= 0.3 is 0 Å². The Hall–Kier alpha value is -2.09. The van der Waals surface area contributed by atoms with Gasteiger partial charge in [-0.25, -0.2) is 0 Å². The second-order valence-electron chi connectivity index (χ2n) is 3.87. The van der Waals surface area contributed by atoms with Crippen LogP contribution in [0.2, 0.25) is 0 Å². The highest BCUT2D eigenvalue weighted by atomic mass is 16.5. The number of aryl methyl sites for hydroxylation is 1. The summed E-state index contributed by atoms with van der Waals surface area (Å²) in [6, 6.07) is 12.0. The highest BCUT2D eigenvalue weighted by molar-refractivity contribution is 5.68. The minimum atomic E-state index is 0.871. The molecule has 1 aromatic carbocycles. The molecule has 2 nitrogen and oxygen atoms in total. The van der Waals surface area contributed by atoms with Gasteiger partial charge in [0.2, 0.25) is 0 Å². The summed E-state index contributed by atoms with van der Waals surface area (Å²) < 4.78 is 5.11. The van der Waals surface area contributed by atoms with Crippen LogP contribution in [0.3, 0.4) is 0 Å². The van der Waals surface area contributed by atoms with Gasteiger partial charge in [0.05, 0.1) is 12.8 Å². The molecule has 0 bridgehead atoms. The number of rotatable bonds is 3. The smallest absolute Gasteiger partial charge is 0.118 e. The third kappa shape index (κ3) is 3.18. The van der Waals surface area contributed by atoms with Gasteiger partial charge in [-0.15, -0.1) is 0 Å². The number of ether oxygens (including phenoxy) is 1. The van der Waals surface area contributed by atoms with E-state index in [4.69, 9.17) is 4.74 Å². The Morgan fingerprint density at radius 2 is 1.76 bits per heavy atom. The maximum atomic E-state index is 5.11. The van der Waals surface area contributed by atoms with E-state index in [1.807, 2.05) is 55.6 Å². The third-order valence-corrected chi connectivity index (χ3v) is 2.50. The van der Waals surface area contributed by atoms with Crippen LogP contribution < -0.4 is 4.74 Å². The average Bonchev–Trinajstić information content (AvgIpc) is 2.39. The Bertz CT molecular complexity index is 497. The van der Waals surface area contributed by atoms with E-state index < -0.39 is 0 Å². The van der Waals surface area contributed by atoms with Crippen molar-refractivity contribution in [3.05, 3.63) is 59.4 Å². The molecule has 0 aliphatic carbocycles. The van der Waals surface area contributed by atoms with E-state index in [1.165, 1.54) is 5.56 Å². The summed E-state index contributed by atoms with van der Waals surface area (Å²) >= 11 is 0. The molecule has 0 aliphatic heterocycles. The number of benzene rings is 1. The molecule has 2 aromatic rings. The number of aromatic nitrogens is 1. The van der Waals surface area contributed by atoms with Gasteiger partial charge in [0.15, 0.2) is 0 Å².